The average molecular weight is 693 g/mol. The number of aryl methyl sites for hydroxylation is 1. The number of thioether (sulfide) groups is 1. The average Bonchev–Trinajstić information content (AvgIpc) is 3.64. The summed E-state index contributed by atoms with van der Waals surface area (Å²) >= 11 is 1.47. The van der Waals surface area contributed by atoms with Crippen LogP contribution in [-0.2, 0) is 20.7 Å². The molecule has 1 aliphatic heterocycles. The highest BCUT2D eigenvalue weighted by Gasteiger charge is 2.34. The third-order valence-electron chi connectivity index (χ3n) is 8.70. The first kappa shape index (κ1) is 34.8. The summed E-state index contributed by atoms with van der Waals surface area (Å²) in [4.78, 5) is 30.7. The second kappa shape index (κ2) is 17.1. The lowest BCUT2D eigenvalue weighted by molar-refractivity contribution is -0.118. The Morgan fingerprint density at radius 1 is 0.940 bits per heavy atom. The number of anilines is 1. The Labute approximate surface area is 295 Å². The van der Waals surface area contributed by atoms with E-state index >= 15 is 0 Å². The molecule has 50 heavy (non-hydrogen) atoms. The maximum atomic E-state index is 14.1. The molecule has 3 aromatic carbocycles. The third-order valence-corrected chi connectivity index (χ3v) is 9.61. The van der Waals surface area contributed by atoms with Gasteiger partial charge in [-0.05, 0) is 54.7 Å². The van der Waals surface area contributed by atoms with Crippen molar-refractivity contribution in [2.24, 2.45) is 0 Å². The van der Waals surface area contributed by atoms with Crippen LogP contribution >= 0.6 is 11.8 Å². The molecule has 5 aromatic rings. The van der Waals surface area contributed by atoms with E-state index in [2.05, 4.69) is 38.1 Å². The van der Waals surface area contributed by atoms with Crippen LogP contribution in [0.15, 0.2) is 119 Å². The van der Waals surface area contributed by atoms with Crippen molar-refractivity contribution in [1.82, 2.24) is 25.8 Å². The summed E-state index contributed by atoms with van der Waals surface area (Å²) in [7, 11) is 1.29. The number of aromatic nitrogens is 3. The third kappa shape index (κ3) is 8.94. The fourth-order valence-corrected chi connectivity index (χ4v) is 6.93. The standard InChI is InChI=1S/C38H40N6O5S/c1-25-32(24-50-38-44-43-36(49-38)29-19-21-39-22-20-29)48-30(23-40-25)18-17-26-11-9-10-16-31(26)41-35(45)34(42-37(46)47-2)33(27-12-5-3-6-13-27)28-14-7-4-8-15-28/h3-16,19-22,25,30,32-34,40H,17-18,23-24H2,1-2H3,(H,41,45)(H,42,46). The van der Waals surface area contributed by atoms with E-state index < -0.39 is 18.1 Å². The van der Waals surface area contributed by atoms with Crippen molar-refractivity contribution in [2.45, 2.75) is 55.2 Å². The number of alkyl carbamates (subject to hydrolysis) is 1. The van der Waals surface area contributed by atoms with E-state index in [9.17, 15) is 9.59 Å². The molecular formula is C38H40N6O5S. The molecule has 4 unspecified atom stereocenters. The van der Waals surface area contributed by atoms with Gasteiger partial charge in [-0.1, -0.05) is 90.6 Å². The van der Waals surface area contributed by atoms with Gasteiger partial charge in [0, 0.05) is 47.9 Å². The van der Waals surface area contributed by atoms with Crippen LogP contribution in [0.5, 0.6) is 0 Å². The van der Waals surface area contributed by atoms with Gasteiger partial charge in [0.2, 0.25) is 11.8 Å². The number of ether oxygens (including phenoxy) is 2. The molecule has 0 radical (unpaired) electrons. The summed E-state index contributed by atoms with van der Waals surface area (Å²) in [6.07, 6.45) is 4.00. The Morgan fingerprint density at radius 2 is 1.62 bits per heavy atom. The lowest BCUT2D eigenvalue weighted by Gasteiger charge is -2.35. The molecule has 0 saturated carbocycles. The molecule has 258 valence electrons. The van der Waals surface area contributed by atoms with E-state index in [4.69, 9.17) is 13.9 Å². The summed E-state index contributed by atoms with van der Waals surface area (Å²) in [5.41, 5.74) is 4.25. The highest BCUT2D eigenvalue weighted by molar-refractivity contribution is 7.99. The number of carbonyl (C=O) groups excluding carboxylic acids is 2. The summed E-state index contributed by atoms with van der Waals surface area (Å²) < 4.78 is 17.3. The summed E-state index contributed by atoms with van der Waals surface area (Å²) in [5, 5.41) is 18.4. The normalized spacial score (nSPS) is 17.9. The molecule has 1 aliphatic rings. The molecule has 1 saturated heterocycles. The van der Waals surface area contributed by atoms with E-state index in [0.29, 0.717) is 35.5 Å². The maximum absolute atomic E-state index is 14.1. The van der Waals surface area contributed by atoms with Gasteiger partial charge >= 0.3 is 6.09 Å². The zero-order chi connectivity index (χ0) is 34.7. The van der Waals surface area contributed by atoms with Gasteiger partial charge in [0.05, 0.1) is 19.3 Å². The number of pyridine rings is 1. The quantitative estimate of drug-likeness (QED) is 0.124. The van der Waals surface area contributed by atoms with Gasteiger partial charge in [0.15, 0.2) is 0 Å². The zero-order valence-corrected chi connectivity index (χ0v) is 28.7. The minimum absolute atomic E-state index is 0.0371. The smallest absolute Gasteiger partial charge is 0.407 e. The van der Waals surface area contributed by atoms with E-state index in [-0.39, 0.29) is 24.2 Å². The van der Waals surface area contributed by atoms with Crippen LogP contribution < -0.4 is 16.0 Å². The number of benzene rings is 3. The molecule has 4 atom stereocenters. The molecular weight excluding hydrogens is 653 g/mol. The Kier molecular flexibility index (Phi) is 11.9. The van der Waals surface area contributed by atoms with Crippen LogP contribution in [0.4, 0.5) is 10.5 Å². The van der Waals surface area contributed by atoms with Crippen LogP contribution in [-0.4, -0.2) is 70.9 Å². The molecule has 3 N–H and O–H groups in total. The molecule has 1 fully saturated rings. The Bertz CT molecular complexity index is 1790. The lowest BCUT2D eigenvalue weighted by Crippen LogP contribution is -2.52. The zero-order valence-electron chi connectivity index (χ0n) is 27.9. The monoisotopic (exact) mass is 692 g/mol. The van der Waals surface area contributed by atoms with Crippen molar-refractivity contribution in [1.29, 1.82) is 0 Å². The maximum Gasteiger partial charge on any atom is 0.407 e. The Balaban J connectivity index is 1.11. The highest BCUT2D eigenvalue weighted by atomic mass is 32.2. The van der Waals surface area contributed by atoms with Crippen molar-refractivity contribution in [3.63, 3.8) is 0 Å². The SMILES string of the molecule is COC(=O)NC(C(=O)Nc1ccccc1CCC1CNC(C)C(CSc2nnc(-c3ccncc3)o2)O1)C(c1ccccc1)c1ccccc1. The predicted molar refractivity (Wildman–Crippen MR) is 192 cm³/mol. The number of hydrogen-bond acceptors (Lipinski definition) is 10. The molecule has 0 spiro atoms. The van der Waals surface area contributed by atoms with Crippen LogP contribution in [0.2, 0.25) is 0 Å². The molecule has 0 bridgehead atoms. The minimum Gasteiger partial charge on any atom is -0.453 e. The topological polar surface area (TPSA) is 140 Å². The van der Waals surface area contributed by atoms with Gasteiger partial charge in [-0.15, -0.1) is 10.2 Å². The Morgan fingerprint density at radius 3 is 2.32 bits per heavy atom. The van der Waals surface area contributed by atoms with Crippen LogP contribution in [0.3, 0.4) is 0 Å². The van der Waals surface area contributed by atoms with Gasteiger partial charge in [-0.25, -0.2) is 4.79 Å². The second-order valence-electron chi connectivity index (χ2n) is 12.0. The van der Waals surface area contributed by atoms with E-state index in [1.165, 1.54) is 18.9 Å². The summed E-state index contributed by atoms with van der Waals surface area (Å²) in [5.74, 6) is 0.289. The molecule has 11 nitrogen and oxygen atoms in total. The number of amides is 2. The van der Waals surface area contributed by atoms with Crippen LogP contribution in [0.25, 0.3) is 11.5 Å². The fourth-order valence-electron chi connectivity index (χ4n) is 6.02. The second-order valence-corrected chi connectivity index (χ2v) is 13.0. The van der Waals surface area contributed by atoms with Gasteiger partial charge < -0.3 is 29.8 Å². The molecule has 6 rings (SSSR count). The number of nitrogens with one attached hydrogen (secondary N) is 3. The molecule has 3 heterocycles. The number of para-hydroxylation sites is 1. The summed E-state index contributed by atoms with van der Waals surface area (Å²) in [6, 6.07) is 29.9. The number of carbonyl (C=O) groups is 2. The molecule has 0 aliphatic carbocycles. The van der Waals surface area contributed by atoms with Crippen molar-refractivity contribution >= 4 is 29.4 Å². The Hall–Kier alpha value is -5.04. The van der Waals surface area contributed by atoms with Crippen molar-refractivity contribution in [3.05, 3.63) is 126 Å². The van der Waals surface area contributed by atoms with Gasteiger partial charge in [0.25, 0.3) is 5.22 Å². The molecule has 2 aromatic heterocycles. The highest BCUT2D eigenvalue weighted by Crippen LogP contribution is 2.30. The summed E-state index contributed by atoms with van der Waals surface area (Å²) in [6.45, 7) is 2.82. The first-order chi connectivity index (χ1) is 24.5. The lowest BCUT2D eigenvalue weighted by atomic mass is 9.84. The van der Waals surface area contributed by atoms with Crippen LogP contribution in [0, 0.1) is 0 Å². The van der Waals surface area contributed by atoms with E-state index in [1.807, 2.05) is 97.1 Å². The number of methoxy groups -OCH3 is 1. The van der Waals surface area contributed by atoms with E-state index in [0.717, 1.165) is 28.7 Å². The number of nitrogens with zero attached hydrogens (tertiary/aromatic N) is 3. The van der Waals surface area contributed by atoms with Crippen molar-refractivity contribution in [2.75, 3.05) is 24.7 Å². The van der Waals surface area contributed by atoms with Gasteiger partial charge in [-0.2, -0.15) is 0 Å². The first-order valence-electron chi connectivity index (χ1n) is 16.6. The van der Waals surface area contributed by atoms with Crippen LogP contribution in [0.1, 0.15) is 36.0 Å². The largest absolute Gasteiger partial charge is 0.453 e. The molecule has 12 heteroatoms. The molecule has 2 amide bonds. The van der Waals surface area contributed by atoms with E-state index in [1.54, 1.807) is 12.4 Å². The van der Waals surface area contributed by atoms with Gasteiger partial charge in [0.1, 0.15) is 6.04 Å². The van der Waals surface area contributed by atoms with Crippen molar-refractivity contribution in [3.8, 4) is 11.5 Å². The number of rotatable bonds is 13. The fraction of sp³-hybridized carbons (Fsp3) is 0.289. The number of morpholine rings is 1. The van der Waals surface area contributed by atoms with Gasteiger partial charge in [-0.3, -0.25) is 9.78 Å². The number of hydrogen-bond donors (Lipinski definition) is 3. The minimum atomic E-state index is -0.953. The van der Waals surface area contributed by atoms with Crippen molar-refractivity contribution < 1.29 is 23.5 Å². The first-order valence-corrected chi connectivity index (χ1v) is 17.6. The predicted octanol–water partition coefficient (Wildman–Crippen LogP) is 6.10.